The van der Waals surface area contributed by atoms with Gasteiger partial charge in [-0.2, -0.15) is 0 Å². The van der Waals surface area contributed by atoms with Crippen LogP contribution in [-0.4, -0.2) is 25.8 Å². The number of unbranched alkanes of at least 4 members (excludes halogenated alkanes) is 4. The Hall–Kier alpha value is -0.830. The second-order valence-corrected chi connectivity index (χ2v) is 5.11. The summed E-state index contributed by atoms with van der Waals surface area (Å²) >= 11 is 0. The summed E-state index contributed by atoms with van der Waals surface area (Å²) in [5, 5.41) is 0. The molecule has 0 fully saturated rings. The Morgan fingerprint density at radius 2 is 1.85 bits per heavy atom. The summed E-state index contributed by atoms with van der Waals surface area (Å²) < 4.78 is 10.4. The molecule has 0 saturated heterocycles. The molecule has 3 nitrogen and oxygen atoms in total. The van der Waals surface area contributed by atoms with Crippen LogP contribution in [0.15, 0.2) is 12.2 Å². The Labute approximate surface area is 124 Å². The topological polar surface area (TPSA) is 35.5 Å². The van der Waals surface area contributed by atoms with Crippen molar-refractivity contribution >= 4 is 5.97 Å². The first-order valence-electron chi connectivity index (χ1n) is 8.07. The third-order valence-electron chi connectivity index (χ3n) is 3.35. The summed E-state index contributed by atoms with van der Waals surface area (Å²) in [4.78, 5) is 11.1. The van der Waals surface area contributed by atoms with Crippen LogP contribution in [0.5, 0.6) is 0 Å². The number of allylic oxidation sites excluding steroid dienone is 1. The van der Waals surface area contributed by atoms with Crippen LogP contribution in [-0.2, 0) is 14.3 Å². The largest absolute Gasteiger partial charge is 0.466 e. The number of esters is 1. The Kier molecular flexibility index (Phi) is 14.0. The Morgan fingerprint density at radius 3 is 2.50 bits per heavy atom. The quantitative estimate of drug-likeness (QED) is 0.280. The van der Waals surface area contributed by atoms with E-state index in [1.165, 1.54) is 32.1 Å². The SMILES string of the molecule is CCCCCCCC(CC=CCCC(=O)OCC)OC. The van der Waals surface area contributed by atoms with Gasteiger partial charge in [0.1, 0.15) is 0 Å². The molecule has 1 unspecified atom stereocenters. The van der Waals surface area contributed by atoms with E-state index in [1.807, 2.05) is 6.92 Å². The summed E-state index contributed by atoms with van der Waals surface area (Å²) in [6.07, 6.45) is 14.3. The molecule has 0 N–H and O–H groups in total. The maximum atomic E-state index is 11.1. The lowest BCUT2D eigenvalue weighted by molar-refractivity contribution is -0.142. The van der Waals surface area contributed by atoms with Crippen molar-refractivity contribution < 1.29 is 14.3 Å². The van der Waals surface area contributed by atoms with Crippen LogP contribution in [0.4, 0.5) is 0 Å². The zero-order valence-corrected chi connectivity index (χ0v) is 13.5. The number of hydrogen-bond donors (Lipinski definition) is 0. The predicted molar refractivity (Wildman–Crippen MR) is 83.8 cm³/mol. The summed E-state index contributed by atoms with van der Waals surface area (Å²) in [5.41, 5.74) is 0. The number of methoxy groups -OCH3 is 1. The van der Waals surface area contributed by atoms with E-state index in [-0.39, 0.29) is 5.97 Å². The van der Waals surface area contributed by atoms with Gasteiger partial charge in [-0.1, -0.05) is 51.2 Å². The fourth-order valence-electron chi connectivity index (χ4n) is 2.11. The molecule has 0 bridgehead atoms. The Morgan fingerprint density at radius 1 is 1.10 bits per heavy atom. The van der Waals surface area contributed by atoms with Gasteiger partial charge >= 0.3 is 5.97 Å². The Bertz CT molecular complexity index is 249. The molecule has 0 radical (unpaired) electrons. The molecule has 0 aliphatic carbocycles. The normalized spacial score (nSPS) is 12.8. The fourth-order valence-corrected chi connectivity index (χ4v) is 2.11. The van der Waals surface area contributed by atoms with Gasteiger partial charge in [0.15, 0.2) is 0 Å². The highest BCUT2D eigenvalue weighted by Gasteiger charge is 2.04. The number of ether oxygens (including phenoxy) is 2. The van der Waals surface area contributed by atoms with E-state index in [9.17, 15) is 4.79 Å². The molecule has 1 atom stereocenters. The van der Waals surface area contributed by atoms with Gasteiger partial charge in [0, 0.05) is 13.5 Å². The van der Waals surface area contributed by atoms with Gasteiger partial charge < -0.3 is 9.47 Å². The van der Waals surface area contributed by atoms with Crippen molar-refractivity contribution in [2.24, 2.45) is 0 Å². The second kappa shape index (κ2) is 14.6. The van der Waals surface area contributed by atoms with E-state index < -0.39 is 0 Å². The second-order valence-electron chi connectivity index (χ2n) is 5.11. The molecule has 0 heterocycles. The van der Waals surface area contributed by atoms with Crippen LogP contribution in [0.1, 0.15) is 71.6 Å². The lowest BCUT2D eigenvalue weighted by atomic mass is 10.1. The van der Waals surface area contributed by atoms with E-state index in [4.69, 9.17) is 9.47 Å². The van der Waals surface area contributed by atoms with Gasteiger partial charge in [-0.3, -0.25) is 4.79 Å². The molecule has 118 valence electrons. The van der Waals surface area contributed by atoms with Crippen molar-refractivity contribution in [2.45, 2.75) is 77.7 Å². The number of rotatable bonds is 13. The highest BCUT2D eigenvalue weighted by Crippen LogP contribution is 2.12. The molecule has 0 amide bonds. The maximum absolute atomic E-state index is 11.1. The van der Waals surface area contributed by atoms with Crippen molar-refractivity contribution in [2.75, 3.05) is 13.7 Å². The molecular weight excluding hydrogens is 252 g/mol. The maximum Gasteiger partial charge on any atom is 0.306 e. The van der Waals surface area contributed by atoms with Gasteiger partial charge in [0.25, 0.3) is 0 Å². The third-order valence-corrected chi connectivity index (χ3v) is 3.35. The van der Waals surface area contributed by atoms with Gasteiger partial charge in [-0.25, -0.2) is 0 Å². The van der Waals surface area contributed by atoms with E-state index >= 15 is 0 Å². The van der Waals surface area contributed by atoms with Crippen LogP contribution >= 0.6 is 0 Å². The lowest BCUT2D eigenvalue weighted by Crippen LogP contribution is -2.09. The minimum atomic E-state index is -0.114. The molecule has 0 spiro atoms. The third kappa shape index (κ3) is 12.2. The summed E-state index contributed by atoms with van der Waals surface area (Å²) in [5.74, 6) is -0.114. The van der Waals surface area contributed by atoms with E-state index in [1.54, 1.807) is 7.11 Å². The van der Waals surface area contributed by atoms with Crippen LogP contribution in [0, 0.1) is 0 Å². The highest BCUT2D eigenvalue weighted by molar-refractivity contribution is 5.69. The summed E-state index contributed by atoms with van der Waals surface area (Å²) in [6, 6.07) is 0. The number of carbonyl (C=O) groups excluding carboxylic acids is 1. The molecule has 20 heavy (non-hydrogen) atoms. The van der Waals surface area contributed by atoms with E-state index in [0.717, 1.165) is 19.3 Å². The van der Waals surface area contributed by atoms with Crippen LogP contribution in [0.3, 0.4) is 0 Å². The highest BCUT2D eigenvalue weighted by atomic mass is 16.5. The minimum absolute atomic E-state index is 0.114. The van der Waals surface area contributed by atoms with Gasteiger partial charge in [0.2, 0.25) is 0 Å². The number of carbonyl (C=O) groups is 1. The van der Waals surface area contributed by atoms with Gasteiger partial charge in [-0.05, 0) is 26.2 Å². The van der Waals surface area contributed by atoms with Crippen molar-refractivity contribution in [3.63, 3.8) is 0 Å². The smallest absolute Gasteiger partial charge is 0.306 e. The molecule has 0 aromatic carbocycles. The van der Waals surface area contributed by atoms with Crippen LogP contribution in [0.2, 0.25) is 0 Å². The first-order valence-corrected chi connectivity index (χ1v) is 8.07. The fraction of sp³-hybridized carbons (Fsp3) is 0.824. The predicted octanol–water partition coefficient (Wildman–Crippen LogP) is 4.65. The molecule has 0 aliphatic heterocycles. The van der Waals surface area contributed by atoms with Gasteiger partial charge in [0.05, 0.1) is 12.7 Å². The standard InChI is InChI=1S/C17H32O3/c1-4-6-7-8-10-13-16(19-3)14-11-9-12-15-17(18)20-5-2/h9,11,16H,4-8,10,12-15H2,1-3H3. The molecular formula is C17H32O3. The van der Waals surface area contributed by atoms with Crippen LogP contribution in [0.25, 0.3) is 0 Å². The lowest BCUT2D eigenvalue weighted by Gasteiger charge is -2.12. The zero-order valence-electron chi connectivity index (χ0n) is 13.5. The van der Waals surface area contributed by atoms with E-state index in [0.29, 0.717) is 19.1 Å². The van der Waals surface area contributed by atoms with Crippen molar-refractivity contribution in [3.05, 3.63) is 12.2 Å². The average molecular weight is 284 g/mol. The molecule has 0 aliphatic rings. The molecule has 0 rings (SSSR count). The van der Waals surface area contributed by atoms with E-state index in [2.05, 4.69) is 19.1 Å². The number of hydrogen-bond acceptors (Lipinski definition) is 3. The van der Waals surface area contributed by atoms with Gasteiger partial charge in [-0.15, -0.1) is 0 Å². The minimum Gasteiger partial charge on any atom is -0.466 e. The Balaban J connectivity index is 3.59. The van der Waals surface area contributed by atoms with Crippen molar-refractivity contribution in [1.29, 1.82) is 0 Å². The van der Waals surface area contributed by atoms with Crippen LogP contribution < -0.4 is 0 Å². The molecule has 0 saturated carbocycles. The molecule has 0 aromatic heterocycles. The average Bonchev–Trinajstić information content (AvgIpc) is 2.44. The first kappa shape index (κ1) is 19.2. The van der Waals surface area contributed by atoms with Crippen molar-refractivity contribution in [1.82, 2.24) is 0 Å². The molecule has 0 aromatic rings. The summed E-state index contributed by atoms with van der Waals surface area (Å²) in [7, 11) is 1.78. The summed E-state index contributed by atoms with van der Waals surface area (Å²) in [6.45, 7) is 4.53. The monoisotopic (exact) mass is 284 g/mol. The van der Waals surface area contributed by atoms with Crippen molar-refractivity contribution in [3.8, 4) is 0 Å². The first-order chi connectivity index (χ1) is 9.74. The molecule has 3 heteroatoms. The zero-order chi connectivity index (χ0) is 15.1.